The molecule has 0 radical (unpaired) electrons. The molecule has 3 heterocycles. The van der Waals surface area contributed by atoms with Crippen LogP contribution in [-0.2, 0) is 20.7 Å². The van der Waals surface area contributed by atoms with Crippen molar-refractivity contribution < 1.29 is 19.1 Å². The van der Waals surface area contributed by atoms with E-state index >= 15 is 0 Å². The van der Waals surface area contributed by atoms with Crippen molar-refractivity contribution in [3.05, 3.63) is 63.5 Å². The van der Waals surface area contributed by atoms with Crippen LogP contribution >= 0.6 is 11.3 Å². The number of thiophene rings is 1. The number of pyridine rings is 1. The van der Waals surface area contributed by atoms with Crippen molar-refractivity contribution in [3.8, 4) is 0 Å². The first-order chi connectivity index (χ1) is 14.2. The highest BCUT2D eigenvalue weighted by Crippen LogP contribution is 2.37. The molecule has 0 spiro atoms. The summed E-state index contributed by atoms with van der Waals surface area (Å²) in [4.78, 5) is 31.1. The fraction of sp³-hybridized carbons (Fsp3) is 0.261. The number of carbonyl (C=O) groups excluding carboxylic acids is 2. The van der Waals surface area contributed by atoms with Gasteiger partial charge < -0.3 is 9.47 Å². The van der Waals surface area contributed by atoms with E-state index in [4.69, 9.17) is 14.5 Å². The zero-order chi connectivity index (χ0) is 19.8. The fourth-order valence-corrected chi connectivity index (χ4v) is 4.71. The summed E-state index contributed by atoms with van der Waals surface area (Å²) in [5.74, 6) is -0.940. The van der Waals surface area contributed by atoms with Crippen LogP contribution in [0.2, 0.25) is 0 Å². The van der Waals surface area contributed by atoms with E-state index in [1.807, 2.05) is 35.7 Å². The minimum atomic E-state index is -0.824. The molecule has 1 fully saturated rings. The van der Waals surface area contributed by atoms with E-state index in [1.165, 1.54) is 4.88 Å². The highest BCUT2D eigenvalue weighted by atomic mass is 32.1. The first-order valence-corrected chi connectivity index (χ1v) is 10.6. The Labute approximate surface area is 172 Å². The van der Waals surface area contributed by atoms with Gasteiger partial charge in [0.2, 0.25) is 6.10 Å². The minimum Gasteiger partial charge on any atom is -0.463 e. The number of carbonyl (C=O) groups is 2. The van der Waals surface area contributed by atoms with Crippen molar-refractivity contribution in [3.63, 3.8) is 0 Å². The molecular formula is C23H19NO4S. The SMILES string of the molecule is O=C(OC1CCOC1=O)c1c2c(nc3ccccc13)C(=Cc1cccs1)CCC2. The Bertz CT molecular complexity index is 1130. The largest absolute Gasteiger partial charge is 0.463 e. The molecule has 1 aliphatic carbocycles. The van der Waals surface area contributed by atoms with Gasteiger partial charge in [-0.25, -0.2) is 14.6 Å². The predicted octanol–water partition coefficient (Wildman–Crippen LogP) is 4.65. The average Bonchev–Trinajstić information content (AvgIpc) is 3.38. The summed E-state index contributed by atoms with van der Waals surface area (Å²) >= 11 is 1.68. The van der Waals surface area contributed by atoms with Crippen molar-refractivity contribution in [2.45, 2.75) is 31.8 Å². The van der Waals surface area contributed by atoms with E-state index < -0.39 is 18.0 Å². The first kappa shape index (κ1) is 18.1. The summed E-state index contributed by atoms with van der Waals surface area (Å²) in [7, 11) is 0. The Morgan fingerprint density at radius 3 is 2.90 bits per heavy atom. The maximum atomic E-state index is 13.2. The van der Waals surface area contributed by atoms with Gasteiger partial charge >= 0.3 is 11.9 Å². The second-order valence-electron chi connectivity index (χ2n) is 7.22. The quantitative estimate of drug-likeness (QED) is 0.594. The van der Waals surface area contributed by atoms with Crippen LogP contribution in [0.15, 0.2) is 41.8 Å². The summed E-state index contributed by atoms with van der Waals surface area (Å²) in [5, 5.41) is 2.81. The number of para-hydroxylation sites is 1. The lowest BCUT2D eigenvalue weighted by Crippen LogP contribution is -2.24. The number of hydrogen-bond donors (Lipinski definition) is 0. The molecule has 2 aliphatic rings. The number of benzene rings is 1. The Kier molecular flexibility index (Phi) is 4.64. The maximum Gasteiger partial charge on any atom is 0.347 e. The van der Waals surface area contributed by atoms with Gasteiger partial charge in [-0.05, 0) is 54.0 Å². The van der Waals surface area contributed by atoms with Crippen molar-refractivity contribution in [2.75, 3.05) is 6.61 Å². The Morgan fingerprint density at radius 2 is 2.10 bits per heavy atom. The monoisotopic (exact) mass is 405 g/mol. The second kappa shape index (κ2) is 7.44. The molecule has 1 aliphatic heterocycles. The number of ether oxygens (including phenoxy) is 2. The van der Waals surface area contributed by atoms with Crippen LogP contribution in [0.3, 0.4) is 0 Å². The van der Waals surface area contributed by atoms with Gasteiger partial charge in [0.1, 0.15) is 0 Å². The van der Waals surface area contributed by atoms with E-state index in [9.17, 15) is 9.59 Å². The summed E-state index contributed by atoms with van der Waals surface area (Å²) < 4.78 is 10.5. The molecule has 1 atom stereocenters. The zero-order valence-electron chi connectivity index (χ0n) is 15.7. The summed E-state index contributed by atoms with van der Waals surface area (Å²) in [6.07, 6.45) is 4.35. The summed E-state index contributed by atoms with van der Waals surface area (Å²) in [6, 6.07) is 11.7. The van der Waals surface area contributed by atoms with Gasteiger partial charge in [0.25, 0.3) is 0 Å². The molecule has 1 aromatic carbocycles. The van der Waals surface area contributed by atoms with Gasteiger partial charge in [0.15, 0.2) is 0 Å². The van der Waals surface area contributed by atoms with Crippen LogP contribution in [0, 0.1) is 0 Å². The third-order valence-corrected chi connectivity index (χ3v) is 6.19. The molecule has 5 nitrogen and oxygen atoms in total. The number of allylic oxidation sites excluding steroid dienone is 1. The Morgan fingerprint density at radius 1 is 1.21 bits per heavy atom. The zero-order valence-corrected chi connectivity index (χ0v) is 16.5. The smallest absolute Gasteiger partial charge is 0.347 e. The van der Waals surface area contributed by atoms with Crippen molar-refractivity contribution >= 4 is 45.8 Å². The van der Waals surface area contributed by atoms with Crippen molar-refractivity contribution in [1.29, 1.82) is 0 Å². The molecule has 0 N–H and O–H groups in total. The van der Waals surface area contributed by atoms with Gasteiger partial charge in [0.05, 0.1) is 23.4 Å². The standard InChI is InChI=1S/C23H19NO4S/c25-22-19(10-11-27-22)28-23(26)20-16-7-1-2-9-18(16)24-21-14(5-3-8-17(20)21)13-15-6-4-12-29-15/h1-2,4,6-7,9,12-13,19H,3,5,8,10-11H2. The van der Waals surface area contributed by atoms with Crippen LogP contribution in [-0.4, -0.2) is 29.6 Å². The summed E-state index contributed by atoms with van der Waals surface area (Å²) in [6.45, 7) is 0.291. The maximum absolute atomic E-state index is 13.2. The average molecular weight is 405 g/mol. The number of cyclic esters (lactones) is 1. The minimum absolute atomic E-state index is 0.291. The Balaban J connectivity index is 1.65. The van der Waals surface area contributed by atoms with Gasteiger partial charge in [-0.1, -0.05) is 24.3 Å². The van der Waals surface area contributed by atoms with Crippen LogP contribution < -0.4 is 0 Å². The molecular weight excluding hydrogens is 386 g/mol. The number of nitrogens with zero attached hydrogens (tertiary/aromatic N) is 1. The topological polar surface area (TPSA) is 65.5 Å². The number of esters is 2. The molecule has 3 aromatic rings. The van der Waals surface area contributed by atoms with E-state index in [2.05, 4.69) is 12.1 Å². The summed E-state index contributed by atoms with van der Waals surface area (Å²) in [5.41, 5.74) is 4.19. The number of rotatable bonds is 3. The molecule has 0 amide bonds. The van der Waals surface area contributed by atoms with E-state index in [0.717, 1.165) is 47.0 Å². The van der Waals surface area contributed by atoms with Crippen molar-refractivity contribution in [2.24, 2.45) is 0 Å². The van der Waals surface area contributed by atoms with Gasteiger partial charge in [-0.3, -0.25) is 0 Å². The van der Waals surface area contributed by atoms with Crippen LogP contribution in [0.4, 0.5) is 0 Å². The van der Waals surface area contributed by atoms with Gasteiger partial charge in [-0.15, -0.1) is 11.3 Å². The molecule has 29 heavy (non-hydrogen) atoms. The van der Waals surface area contributed by atoms with Crippen molar-refractivity contribution in [1.82, 2.24) is 4.98 Å². The third-order valence-electron chi connectivity index (χ3n) is 5.37. The lowest BCUT2D eigenvalue weighted by Gasteiger charge is -2.22. The normalized spacial score (nSPS) is 19.9. The molecule has 2 aromatic heterocycles. The van der Waals surface area contributed by atoms with E-state index in [0.29, 0.717) is 18.6 Å². The molecule has 1 unspecified atom stereocenters. The first-order valence-electron chi connectivity index (χ1n) is 9.74. The Hall–Kier alpha value is -2.99. The lowest BCUT2D eigenvalue weighted by atomic mass is 9.86. The van der Waals surface area contributed by atoms with E-state index in [-0.39, 0.29) is 0 Å². The van der Waals surface area contributed by atoms with Crippen LogP contribution in [0.5, 0.6) is 0 Å². The molecule has 146 valence electrons. The number of hydrogen-bond acceptors (Lipinski definition) is 6. The van der Waals surface area contributed by atoms with E-state index in [1.54, 1.807) is 11.3 Å². The molecule has 0 bridgehead atoms. The number of fused-ring (bicyclic) bond motifs is 2. The predicted molar refractivity (Wildman–Crippen MR) is 112 cm³/mol. The highest BCUT2D eigenvalue weighted by Gasteiger charge is 2.33. The van der Waals surface area contributed by atoms with Crippen LogP contribution in [0.25, 0.3) is 22.6 Å². The highest BCUT2D eigenvalue weighted by molar-refractivity contribution is 7.10. The molecule has 6 heteroatoms. The molecule has 1 saturated heterocycles. The van der Waals surface area contributed by atoms with Gasteiger partial charge in [-0.2, -0.15) is 0 Å². The lowest BCUT2D eigenvalue weighted by molar-refractivity contribution is -0.145. The fourth-order valence-electron chi connectivity index (χ4n) is 4.03. The number of aromatic nitrogens is 1. The molecule has 0 saturated carbocycles. The van der Waals surface area contributed by atoms with Gasteiger partial charge in [0, 0.05) is 16.7 Å². The molecule has 5 rings (SSSR count). The third kappa shape index (κ3) is 3.34. The van der Waals surface area contributed by atoms with Crippen LogP contribution in [0.1, 0.15) is 45.8 Å². The second-order valence-corrected chi connectivity index (χ2v) is 8.20.